The Balaban J connectivity index is 1.70. The Morgan fingerprint density at radius 3 is 2.39 bits per heavy atom. The average molecular weight is 460 g/mol. The summed E-state index contributed by atoms with van der Waals surface area (Å²) in [5.74, 6) is -2.05. The van der Waals surface area contributed by atoms with Gasteiger partial charge < -0.3 is 19.7 Å². The number of halogens is 3. The van der Waals surface area contributed by atoms with Crippen molar-refractivity contribution < 1.29 is 28.5 Å². The smallest absolute Gasteiger partial charge is 0.190 e. The van der Waals surface area contributed by atoms with Crippen LogP contribution in [0.4, 0.5) is 8.78 Å². The van der Waals surface area contributed by atoms with E-state index in [1.165, 1.54) is 0 Å². The van der Waals surface area contributed by atoms with Gasteiger partial charge in [0.15, 0.2) is 17.4 Å². The number of rotatable bonds is 12. The van der Waals surface area contributed by atoms with Crippen LogP contribution in [0.3, 0.4) is 0 Å². The van der Waals surface area contributed by atoms with Gasteiger partial charge in [-0.25, -0.2) is 8.78 Å². The Kier molecular flexibility index (Phi) is 9.80. The van der Waals surface area contributed by atoms with Gasteiger partial charge in [0.2, 0.25) is 0 Å². The number of benzene rings is 2. The van der Waals surface area contributed by atoms with Crippen molar-refractivity contribution in [3.05, 3.63) is 64.1 Å². The van der Waals surface area contributed by atoms with Gasteiger partial charge in [0.25, 0.3) is 0 Å². The fraction of sp³-hybridized carbons (Fsp3) is 0.400. The predicted octanol–water partition coefficient (Wildman–Crippen LogP) is 2.98. The monoisotopic (exact) mass is 459 g/mol. The predicted molar refractivity (Wildman–Crippen MR) is 105 cm³/mol. The molecule has 5 nitrogen and oxygen atoms in total. The second-order valence-corrected chi connectivity index (χ2v) is 7.14. The fourth-order valence-corrected chi connectivity index (χ4v) is 3.06. The molecule has 2 aromatic rings. The van der Waals surface area contributed by atoms with E-state index in [2.05, 4.69) is 15.9 Å². The van der Waals surface area contributed by atoms with Gasteiger partial charge in [-0.1, -0.05) is 46.3 Å². The van der Waals surface area contributed by atoms with Gasteiger partial charge in [-0.2, -0.15) is 0 Å². The molecule has 0 aromatic heterocycles. The van der Waals surface area contributed by atoms with E-state index in [4.69, 9.17) is 9.47 Å². The molecule has 0 radical (unpaired) electrons. The quantitative estimate of drug-likeness (QED) is 0.477. The molecule has 154 valence electrons. The van der Waals surface area contributed by atoms with Crippen LogP contribution in [0.2, 0.25) is 0 Å². The van der Waals surface area contributed by atoms with Crippen LogP contribution < -0.4 is 4.74 Å². The number of hydrogen-bond acceptors (Lipinski definition) is 5. The van der Waals surface area contributed by atoms with Gasteiger partial charge in [-0.3, -0.25) is 4.90 Å². The molecule has 0 aliphatic rings. The summed E-state index contributed by atoms with van der Waals surface area (Å²) in [5, 5.41) is 19.4. The van der Waals surface area contributed by atoms with Crippen molar-refractivity contribution in [1.82, 2.24) is 4.90 Å². The Morgan fingerprint density at radius 1 is 1.07 bits per heavy atom. The molecular weight excluding hydrogens is 436 g/mol. The van der Waals surface area contributed by atoms with Crippen LogP contribution in [0.5, 0.6) is 5.75 Å². The molecule has 2 N–H and O–H groups in total. The standard InChI is InChI=1S/C20H24BrF2NO4/c21-16-10-18(22)20(19(23)11-16)28-9-8-27-14-17(26)13-24(6-7-25)12-15-4-2-1-3-5-15/h1-5,10-11,17,25-26H,6-9,12-14H2. The van der Waals surface area contributed by atoms with Gasteiger partial charge in [0.05, 0.1) is 25.9 Å². The van der Waals surface area contributed by atoms with Crippen LogP contribution in [-0.4, -0.2) is 60.7 Å². The fourth-order valence-electron chi connectivity index (χ4n) is 2.66. The average Bonchev–Trinajstić information content (AvgIpc) is 2.64. The minimum atomic E-state index is -0.799. The Bertz CT molecular complexity index is 698. The molecule has 0 amide bonds. The summed E-state index contributed by atoms with van der Waals surface area (Å²) in [6.45, 7) is 1.41. The molecule has 0 fully saturated rings. The van der Waals surface area contributed by atoms with Gasteiger partial charge in [-0.05, 0) is 17.7 Å². The number of ether oxygens (including phenoxy) is 2. The van der Waals surface area contributed by atoms with Crippen LogP contribution in [0.25, 0.3) is 0 Å². The number of aliphatic hydroxyl groups is 2. The van der Waals surface area contributed by atoms with Crippen molar-refractivity contribution in [2.24, 2.45) is 0 Å². The molecule has 0 saturated heterocycles. The van der Waals surface area contributed by atoms with E-state index >= 15 is 0 Å². The van der Waals surface area contributed by atoms with E-state index in [1.807, 2.05) is 35.2 Å². The summed E-state index contributed by atoms with van der Waals surface area (Å²) < 4.78 is 38.0. The molecular formula is C20H24BrF2NO4. The van der Waals surface area contributed by atoms with E-state index < -0.39 is 23.5 Å². The maximum Gasteiger partial charge on any atom is 0.190 e. The molecule has 0 spiro atoms. The lowest BCUT2D eigenvalue weighted by molar-refractivity contribution is 0.00388. The highest BCUT2D eigenvalue weighted by Crippen LogP contribution is 2.25. The molecule has 0 aliphatic carbocycles. The van der Waals surface area contributed by atoms with Crippen LogP contribution in [-0.2, 0) is 11.3 Å². The molecule has 28 heavy (non-hydrogen) atoms. The summed E-state index contributed by atoms with van der Waals surface area (Å²) in [7, 11) is 0. The summed E-state index contributed by atoms with van der Waals surface area (Å²) in [4.78, 5) is 1.92. The van der Waals surface area contributed by atoms with E-state index in [1.54, 1.807) is 0 Å². The topological polar surface area (TPSA) is 62.2 Å². The van der Waals surface area contributed by atoms with Crippen LogP contribution in [0, 0.1) is 11.6 Å². The van der Waals surface area contributed by atoms with E-state index in [-0.39, 0.29) is 30.9 Å². The second-order valence-electron chi connectivity index (χ2n) is 6.22. The lowest BCUT2D eigenvalue weighted by Crippen LogP contribution is -2.36. The minimum absolute atomic E-state index is 0.0153. The highest BCUT2D eigenvalue weighted by Gasteiger charge is 2.14. The molecule has 0 bridgehead atoms. The lowest BCUT2D eigenvalue weighted by Gasteiger charge is -2.24. The van der Waals surface area contributed by atoms with Crippen molar-refractivity contribution in [2.45, 2.75) is 12.6 Å². The first-order valence-corrected chi connectivity index (χ1v) is 9.69. The zero-order valence-corrected chi connectivity index (χ0v) is 16.9. The third-order valence-corrected chi connectivity index (χ3v) is 4.34. The third-order valence-electron chi connectivity index (χ3n) is 3.88. The maximum absolute atomic E-state index is 13.6. The molecule has 2 rings (SSSR count). The van der Waals surface area contributed by atoms with Gasteiger partial charge in [0.1, 0.15) is 6.61 Å². The number of hydrogen-bond donors (Lipinski definition) is 2. The van der Waals surface area contributed by atoms with E-state index in [9.17, 15) is 19.0 Å². The first-order chi connectivity index (χ1) is 13.5. The summed E-state index contributed by atoms with van der Waals surface area (Å²) in [6, 6.07) is 12.0. The zero-order valence-electron chi connectivity index (χ0n) is 15.4. The third kappa shape index (κ3) is 7.81. The molecule has 0 saturated carbocycles. The van der Waals surface area contributed by atoms with Crippen molar-refractivity contribution in [1.29, 1.82) is 0 Å². The van der Waals surface area contributed by atoms with Gasteiger partial charge in [0, 0.05) is 24.1 Å². The zero-order chi connectivity index (χ0) is 20.4. The highest BCUT2D eigenvalue weighted by molar-refractivity contribution is 9.10. The Morgan fingerprint density at radius 2 is 1.75 bits per heavy atom. The molecule has 0 heterocycles. The normalized spacial score (nSPS) is 12.4. The largest absolute Gasteiger partial charge is 0.485 e. The first kappa shape index (κ1) is 22.7. The molecule has 8 heteroatoms. The highest BCUT2D eigenvalue weighted by atomic mass is 79.9. The Hall–Kier alpha value is -1.58. The Labute approximate surface area is 171 Å². The van der Waals surface area contributed by atoms with Crippen LogP contribution in [0.15, 0.2) is 46.9 Å². The van der Waals surface area contributed by atoms with Crippen molar-refractivity contribution in [3.63, 3.8) is 0 Å². The van der Waals surface area contributed by atoms with Crippen molar-refractivity contribution in [2.75, 3.05) is 39.5 Å². The lowest BCUT2D eigenvalue weighted by atomic mass is 10.2. The van der Waals surface area contributed by atoms with Gasteiger partial charge in [-0.15, -0.1) is 0 Å². The summed E-state index contributed by atoms with van der Waals surface area (Å²) >= 11 is 3.00. The summed E-state index contributed by atoms with van der Waals surface area (Å²) in [5.41, 5.74) is 1.08. The van der Waals surface area contributed by atoms with E-state index in [0.717, 1.165) is 17.7 Å². The number of nitrogens with zero attached hydrogens (tertiary/aromatic N) is 1. The minimum Gasteiger partial charge on any atom is -0.485 e. The maximum atomic E-state index is 13.6. The SMILES string of the molecule is OCCN(Cc1ccccc1)CC(O)COCCOc1c(F)cc(Br)cc1F. The molecule has 1 atom stereocenters. The van der Waals surface area contributed by atoms with Crippen molar-refractivity contribution in [3.8, 4) is 5.75 Å². The van der Waals surface area contributed by atoms with Gasteiger partial charge >= 0.3 is 0 Å². The second kappa shape index (κ2) is 12.1. The van der Waals surface area contributed by atoms with E-state index in [0.29, 0.717) is 19.6 Å². The van der Waals surface area contributed by atoms with Crippen LogP contribution in [0.1, 0.15) is 5.56 Å². The van der Waals surface area contributed by atoms with Crippen LogP contribution >= 0.6 is 15.9 Å². The molecule has 0 aliphatic heterocycles. The van der Waals surface area contributed by atoms with Crippen molar-refractivity contribution >= 4 is 15.9 Å². The summed E-state index contributed by atoms with van der Waals surface area (Å²) in [6.07, 6.45) is -0.767. The number of aliphatic hydroxyl groups excluding tert-OH is 2. The molecule has 1 unspecified atom stereocenters. The first-order valence-electron chi connectivity index (χ1n) is 8.90. The molecule has 2 aromatic carbocycles.